The Kier molecular flexibility index (Phi) is 6.08. The second-order valence-corrected chi connectivity index (χ2v) is 8.86. The molecule has 31 heavy (non-hydrogen) atoms. The number of rotatable bonds is 7. The monoisotopic (exact) mass is 413 g/mol. The van der Waals surface area contributed by atoms with Gasteiger partial charge in [-0.1, -0.05) is 32.0 Å². The summed E-state index contributed by atoms with van der Waals surface area (Å²) < 4.78 is 5.90. The van der Waals surface area contributed by atoms with E-state index in [9.17, 15) is 0 Å². The van der Waals surface area contributed by atoms with E-state index in [2.05, 4.69) is 74.1 Å². The molecule has 0 bridgehead atoms. The molecule has 4 aromatic rings. The molecule has 0 spiro atoms. The fraction of sp³-hybridized carbons (Fsp3) is 0.333. The number of aryl methyl sites for hydroxylation is 4. The Morgan fingerprint density at radius 2 is 1.68 bits per heavy atom. The van der Waals surface area contributed by atoms with Crippen molar-refractivity contribution in [2.75, 3.05) is 12.3 Å². The van der Waals surface area contributed by atoms with Gasteiger partial charge in [0.25, 0.3) is 0 Å². The number of pyridine rings is 2. The van der Waals surface area contributed by atoms with E-state index >= 15 is 0 Å². The van der Waals surface area contributed by atoms with Gasteiger partial charge in [-0.15, -0.1) is 0 Å². The van der Waals surface area contributed by atoms with Crippen LogP contribution in [-0.2, 0) is 12.8 Å². The highest BCUT2D eigenvalue weighted by Gasteiger charge is 2.11. The average molecular weight is 414 g/mol. The number of benzene rings is 2. The molecular formula is C27H31N3O. The van der Waals surface area contributed by atoms with E-state index < -0.39 is 0 Å². The molecule has 0 atom stereocenters. The van der Waals surface area contributed by atoms with Crippen LogP contribution in [0.2, 0.25) is 0 Å². The first-order valence-corrected chi connectivity index (χ1v) is 11.1. The molecule has 0 unspecified atom stereocenters. The molecule has 2 aromatic carbocycles. The van der Waals surface area contributed by atoms with E-state index in [1.54, 1.807) is 0 Å². The number of hydrogen-bond acceptors (Lipinski definition) is 4. The molecule has 4 nitrogen and oxygen atoms in total. The van der Waals surface area contributed by atoms with Crippen molar-refractivity contribution < 1.29 is 4.74 Å². The highest BCUT2D eigenvalue weighted by atomic mass is 16.5. The Morgan fingerprint density at radius 1 is 0.903 bits per heavy atom. The van der Waals surface area contributed by atoms with Crippen molar-refractivity contribution in [3.63, 3.8) is 0 Å². The van der Waals surface area contributed by atoms with Gasteiger partial charge in [-0.3, -0.25) is 9.97 Å². The number of hydrogen-bond donors (Lipinski definition) is 1. The average Bonchev–Trinajstić information content (AvgIpc) is 2.73. The van der Waals surface area contributed by atoms with Crippen LogP contribution in [0.25, 0.3) is 21.8 Å². The molecule has 0 saturated heterocycles. The number of fused-ring (bicyclic) bond motifs is 3. The molecule has 0 aliphatic heterocycles. The smallest absolute Gasteiger partial charge is 0.119 e. The zero-order valence-electron chi connectivity index (χ0n) is 18.9. The molecule has 2 heterocycles. The van der Waals surface area contributed by atoms with Crippen molar-refractivity contribution in [1.29, 1.82) is 0 Å². The minimum absolute atomic E-state index is 0.651. The first-order valence-electron chi connectivity index (χ1n) is 11.1. The van der Waals surface area contributed by atoms with Crippen LogP contribution in [-0.4, -0.2) is 16.6 Å². The van der Waals surface area contributed by atoms with E-state index in [-0.39, 0.29) is 0 Å². The van der Waals surface area contributed by atoms with Crippen LogP contribution in [0.3, 0.4) is 0 Å². The summed E-state index contributed by atoms with van der Waals surface area (Å²) in [5.41, 5.74) is 14.1. The minimum Gasteiger partial charge on any atom is -0.494 e. The van der Waals surface area contributed by atoms with Crippen molar-refractivity contribution in [3.8, 4) is 5.75 Å². The van der Waals surface area contributed by atoms with Gasteiger partial charge in [0, 0.05) is 22.7 Å². The van der Waals surface area contributed by atoms with Crippen LogP contribution in [0.4, 0.5) is 5.69 Å². The van der Waals surface area contributed by atoms with Crippen LogP contribution < -0.4 is 10.5 Å². The zero-order chi connectivity index (χ0) is 22.0. The second-order valence-electron chi connectivity index (χ2n) is 8.86. The fourth-order valence-corrected chi connectivity index (χ4v) is 3.97. The molecule has 0 radical (unpaired) electrons. The van der Waals surface area contributed by atoms with Gasteiger partial charge in [-0.25, -0.2) is 0 Å². The molecule has 2 aromatic heterocycles. The Morgan fingerprint density at radius 3 is 2.45 bits per heavy atom. The van der Waals surface area contributed by atoms with E-state index in [0.29, 0.717) is 5.92 Å². The van der Waals surface area contributed by atoms with Crippen LogP contribution in [0, 0.1) is 19.8 Å². The molecule has 4 heteroatoms. The number of anilines is 1. The van der Waals surface area contributed by atoms with Gasteiger partial charge >= 0.3 is 0 Å². The Labute approximate surface area is 184 Å². The molecule has 160 valence electrons. The molecule has 0 aliphatic carbocycles. The Hall–Kier alpha value is -3.14. The second kappa shape index (κ2) is 8.93. The third-order valence-electron chi connectivity index (χ3n) is 5.92. The third-order valence-corrected chi connectivity index (χ3v) is 5.92. The van der Waals surface area contributed by atoms with Gasteiger partial charge < -0.3 is 10.5 Å². The molecule has 0 fully saturated rings. The first-order chi connectivity index (χ1) is 14.9. The van der Waals surface area contributed by atoms with E-state index in [1.807, 2.05) is 12.4 Å². The van der Waals surface area contributed by atoms with Gasteiger partial charge in [-0.2, -0.15) is 0 Å². The Balaban J connectivity index is 1.55. The summed E-state index contributed by atoms with van der Waals surface area (Å²) in [6.45, 7) is 9.41. The normalized spacial score (nSPS) is 11.5. The maximum Gasteiger partial charge on any atom is 0.119 e. The summed E-state index contributed by atoms with van der Waals surface area (Å²) in [4.78, 5) is 9.20. The van der Waals surface area contributed by atoms with Crippen LogP contribution in [0.5, 0.6) is 5.75 Å². The summed E-state index contributed by atoms with van der Waals surface area (Å²) in [7, 11) is 0. The number of nitrogens with two attached hydrogens (primary N) is 1. The van der Waals surface area contributed by atoms with Crippen LogP contribution in [0.1, 0.15) is 42.5 Å². The third kappa shape index (κ3) is 4.63. The SMILES string of the molecule is Cc1ccc2c(c1)ncc1ncc(CCc3ccc(OCCC(C)C)cc3C)c(N)c12. The zero-order valence-corrected chi connectivity index (χ0v) is 18.9. The highest BCUT2D eigenvalue weighted by Crippen LogP contribution is 2.31. The van der Waals surface area contributed by atoms with Crippen molar-refractivity contribution in [2.45, 2.75) is 47.0 Å². The van der Waals surface area contributed by atoms with E-state index in [4.69, 9.17) is 10.5 Å². The number of ether oxygens (including phenoxy) is 1. The Bertz CT molecular complexity index is 1230. The lowest BCUT2D eigenvalue weighted by atomic mass is 9.98. The van der Waals surface area contributed by atoms with Crippen molar-refractivity contribution in [3.05, 3.63) is 71.0 Å². The molecule has 0 aliphatic rings. The molecule has 2 N–H and O–H groups in total. The van der Waals surface area contributed by atoms with Gasteiger partial charge in [0.05, 0.1) is 23.8 Å². The molecule has 4 rings (SSSR count). The summed E-state index contributed by atoms with van der Waals surface area (Å²) >= 11 is 0. The van der Waals surface area contributed by atoms with Crippen LogP contribution >= 0.6 is 0 Å². The number of nitrogens with zero attached hydrogens (tertiary/aromatic N) is 2. The van der Waals surface area contributed by atoms with Crippen LogP contribution in [0.15, 0.2) is 48.8 Å². The summed E-state index contributed by atoms with van der Waals surface area (Å²) in [5, 5.41) is 2.07. The van der Waals surface area contributed by atoms with E-state index in [1.165, 1.54) is 16.7 Å². The van der Waals surface area contributed by atoms with E-state index in [0.717, 1.165) is 64.7 Å². The first kappa shape index (κ1) is 21.1. The maximum atomic E-state index is 6.64. The van der Waals surface area contributed by atoms with Crippen molar-refractivity contribution >= 4 is 27.5 Å². The van der Waals surface area contributed by atoms with Gasteiger partial charge in [0.15, 0.2) is 0 Å². The number of nitrogen functional groups attached to an aromatic ring is 1. The highest BCUT2D eigenvalue weighted by molar-refractivity contribution is 6.10. The molecule has 0 amide bonds. The standard InChI is InChI=1S/C27H31N3O/c1-17(2)11-12-31-22-9-8-20(19(4)14-22)6-7-21-15-29-25-16-30-24-13-18(3)5-10-23(24)26(25)27(21)28/h5,8-10,13-17H,6-7,11-12H2,1-4H3,(H2,28,29). The quantitative estimate of drug-likeness (QED) is 0.367. The van der Waals surface area contributed by atoms with Gasteiger partial charge in [0.2, 0.25) is 0 Å². The molecular weight excluding hydrogens is 382 g/mol. The lowest BCUT2D eigenvalue weighted by Crippen LogP contribution is -2.03. The largest absolute Gasteiger partial charge is 0.494 e. The minimum atomic E-state index is 0.651. The van der Waals surface area contributed by atoms with Gasteiger partial charge in [0.1, 0.15) is 5.75 Å². The summed E-state index contributed by atoms with van der Waals surface area (Å²) in [6, 6.07) is 12.7. The summed E-state index contributed by atoms with van der Waals surface area (Å²) in [6.07, 6.45) is 6.55. The van der Waals surface area contributed by atoms with Crippen molar-refractivity contribution in [2.24, 2.45) is 5.92 Å². The molecule has 0 saturated carbocycles. The topological polar surface area (TPSA) is 61.0 Å². The lowest BCUT2D eigenvalue weighted by Gasteiger charge is -2.13. The maximum absolute atomic E-state index is 6.64. The lowest BCUT2D eigenvalue weighted by molar-refractivity contribution is 0.289. The predicted molar refractivity (Wildman–Crippen MR) is 130 cm³/mol. The van der Waals surface area contributed by atoms with Gasteiger partial charge in [-0.05, 0) is 79.5 Å². The fourth-order valence-electron chi connectivity index (χ4n) is 3.97. The number of aromatic nitrogens is 2. The predicted octanol–water partition coefficient (Wildman–Crippen LogP) is 6.19. The summed E-state index contributed by atoms with van der Waals surface area (Å²) in [5.74, 6) is 1.60. The van der Waals surface area contributed by atoms with Crippen molar-refractivity contribution in [1.82, 2.24) is 9.97 Å².